The van der Waals surface area contributed by atoms with Crippen LogP contribution in [0.1, 0.15) is 91.4 Å². The average molecular weight is 293 g/mol. The van der Waals surface area contributed by atoms with Crippen LogP contribution in [0, 0.1) is 0 Å². The molecule has 1 saturated carbocycles. The molecule has 0 aromatic heterocycles. The Morgan fingerprint density at radius 1 is 1.10 bits per heavy atom. The second kappa shape index (κ2) is 10.9. The van der Waals surface area contributed by atoms with E-state index in [4.69, 9.17) is 0 Å². The summed E-state index contributed by atoms with van der Waals surface area (Å²) in [5.74, 6) is 0.321. The van der Waals surface area contributed by atoms with E-state index in [1.54, 1.807) is 0 Å². The summed E-state index contributed by atoms with van der Waals surface area (Å²) in [6.07, 6.45) is 17.5. The molecular formula is C19H35NO. The highest BCUT2D eigenvalue weighted by atomic mass is 16.2. The van der Waals surface area contributed by atoms with Crippen LogP contribution in [0.2, 0.25) is 0 Å². The molecule has 0 radical (unpaired) electrons. The van der Waals surface area contributed by atoms with Crippen LogP contribution in [0.4, 0.5) is 0 Å². The van der Waals surface area contributed by atoms with Crippen LogP contribution in [-0.4, -0.2) is 22.9 Å². The minimum atomic E-state index is 0.321. The third-order valence-electron chi connectivity index (χ3n) is 4.50. The van der Waals surface area contributed by atoms with Crippen LogP contribution >= 0.6 is 0 Å². The van der Waals surface area contributed by atoms with E-state index in [2.05, 4.69) is 37.8 Å². The molecule has 1 aliphatic rings. The highest BCUT2D eigenvalue weighted by Crippen LogP contribution is 2.24. The van der Waals surface area contributed by atoms with Crippen molar-refractivity contribution in [2.24, 2.45) is 0 Å². The van der Waals surface area contributed by atoms with Crippen LogP contribution in [0.15, 0.2) is 12.2 Å². The van der Waals surface area contributed by atoms with Crippen molar-refractivity contribution in [1.82, 2.24) is 4.90 Å². The van der Waals surface area contributed by atoms with E-state index in [0.29, 0.717) is 24.4 Å². The molecular weight excluding hydrogens is 258 g/mol. The monoisotopic (exact) mass is 293 g/mol. The molecule has 0 aromatic rings. The Balaban J connectivity index is 2.33. The zero-order valence-electron chi connectivity index (χ0n) is 14.4. The molecule has 1 aliphatic carbocycles. The van der Waals surface area contributed by atoms with E-state index < -0.39 is 0 Å². The predicted molar refractivity (Wildman–Crippen MR) is 91.4 cm³/mol. The molecule has 0 heterocycles. The van der Waals surface area contributed by atoms with Crippen LogP contribution < -0.4 is 0 Å². The van der Waals surface area contributed by atoms with Crippen molar-refractivity contribution in [3.8, 4) is 0 Å². The Labute approximate surface area is 132 Å². The number of carbonyl (C=O) groups is 1. The number of nitrogens with zero attached hydrogens (tertiary/aromatic N) is 1. The molecule has 0 atom stereocenters. The van der Waals surface area contributed by atoms with Gasteiger partial charge in [-0.1, -0.05) is 57.6 Å². The Morgan fingerprint density at radius 3 is 2.43 bits per heavy atom. The zero-order chi connectivity index (χ0) is 15.5. The second-order valence-corrected chi connectivity index (χ2v) is 6.71. The molecule has 0 spiro atoms. The van der Waals surface area contributed by atoms with Gasteiger partial charge in [-0.3, -0.25) is 4.79 Å². The van der Waals surface area contributed by atoms with Crippen molar-refractivity contribution >= 4 is 5.91 Å². The average Bonchev–Trinajstić information content (AvgIpc) is 2.47. The molecule has 122 valence electrons. The molecule has 0 saturated heterocycles. The Morgan fingerprint density at radius 2 is 1.81 bits per heavy atom. The van der Waals surface area contributed by atoms with Gasteiger partial charge in [0.25, 0.3) is 0 Å². The van der Waals surface area contributed by atoms with Crippen molar-refractivity contribution < 1.29 is 4.79 Å². The quantitative estimate of drug-likeness (QED) is 0.407. The number of amides is 1. The van der Waals surface area contributed by atoms with Gasteiger partial charge in [0.2, 0.25) is 5.91 Å². The van der Waals surface area contributed by atoms with Crippen molar-refractivity contribution in [3.05, 3.63) is 12.2 Å². The molecule has 0 bridgehead atoms. The summed E-state index contributed by atoms with van der Waals surface area (Å²) in [7, 11) is 0. The highest BCUT2D eigenvalue weighted by molar-refractivity contribution is 5.78. The van der Waals surface area contributed by atoms with E-state index >= 15 is 0 Å². The fourth-order valence-corrected chi connectivity index (χ4v) is 3.37. The summed E-state index contributed by atoms with van der Waals surface area (Å²) in [4.78, 5) is 14.6. The van der Waals surface area contributed by atoms with Gasteiger partial charge in [0, 0.05) is 18.5 Å². The summed E-state index contributed by atoms with van der Waals surface area (Å²) in [6, 6.07) is 0.822. The maximum atomic E-state index is 12.5. The number of rotatable bonds is 9. The molecule has 1 rings (SSSR count). The topological polar surface area (TPSA) is 20.3 Å². The number of hydrogen-bond acceptors (Lipinski definition) is 1. The van der Waals surface area contributed by atoms with Gasteiger partial charge >= 0.3 is 0 Å². The Hall–Kier alpha value is -0.790. The van der Waals surface area contributed by atoms with Crippen LogP contribution in [0.5, 0.6) is 0 Å². The third kappa shape index (κ3) is 7.15. The molecule has 0 N–H and O–H groups in total. The lowest BCUT2D eigenvalue weighted by Crippen LogP contribution is -2.45. The molecule has 0 aromatic carbocycles. The third-order valence-corrected chi connectivity index (χ3v) is 4.50. The maximum absolute atomic E-state index is 12.5. The van der Waals surface area contributed by atoms with E-state index in [9.17, 15) is 4.79 Å². The standard InChI is InChI=1S/C19H35NO/c1-4-5-6-7-8-9-13-16-19(21)20(17(2)3)18-14-11-10-12-15-18/h9,13,17-18H,4-8,10-12,14-16H2,1-3H3/b13-9+. The summed E-state index contributed by atoms with van der Waals surface area (Å²) >= 11 is 0. The molecule has 0 aliphatic heterocycles. The van der Waals surface area contributed by atoms with E-state index in [0.717, 1.165) is 6.42 Å². The van der Waals surface area contributed by atoms with Gasteiger partial charge in [-0.15, -0.1) is 0 Å². The summed E-state index contributed by atoms with van der Waals surface area (Å²) in [5.41, 5.74) is 0. The molecule has 21 heavy (non-hydrogen) atoms. The minimum Gasteiger partial charge on any atom is -0.337 e. The van der Waals surface area contributed by atoms with Crippen molar-refractivity contribution in [2.75, 3.05) is 0 Å². The van der Waals surface area contributed by atoms with E-state index in [1.807, 2.05) is 0 Å². The first-order valence-electron chi connectivity index (χ1n) is 9.13. The molecule has 1 fully saturated rings. The van der Waals surface area contributed by atoms with Gasteiger partial charge in [0.05, 0.1) is 0 Å². The lowest BCUT2D eigenvalue weighted by molar-refractivity contribution is -0.135. The summed E-state index contributed by atoms with van der Waals surface area (Å²) < 4.78 is 0. The second-order valence-electron chi connectivity index (χ2n) is 6.71. The van der Waals surface area contributed by atoms with Crippen molar-refractivity contribution in [1.29, 1.82) is 0 Å². The maximum Gasteiger partial charge on any atom is 0.226 e. The van der Waals surface area contributed by atoms with Gasteiger partial charge < -0.3 is 4.90 Å². The smallest absolute Gasteiger partial charge is 0.226 e. The molecule has 2 heteroatoms. The molecule has 1 amide bonds. The van der Waals surface area contributed by atoms with E-state index in [-0.39, 0.29) is 0 Å². The van der Waals surface area contributed by atoms with Crippen LogP contribution in [-0.2, 0) is 4.79 Å². The minimum absolute atomic E-state index is 0.321. The fourth-order valence-electron chi connectivity index (χ4n) is 3.37. The summed E-state index contributed by atoms with van der Waals surface area (Å²) in [6.45, 7) is 6.54. The van der Waals surface area contributed by atoms with Crippen LogP contribution in [0.3, 0.4) is 0 Å². The fraction of sp³-hybridized carbons (Fsp3) is 0.842. The number of allylic oxidation sites excluding steroid dienone is 1. The number of unbranched alkanes of at least 4 members (excludes halogenated alkanes) is 4. The first kappa shape index (κ1) is 18.3. The van der Waals surface area contributed by atoms with E-state index in [1.165, 1.54) is 57.8 Å². The van der Waals surface area contributed by atoms with Crippen molar-refractivity contribution in [3.63, 3.8) is 0 Å². The molecule has 0 unspecified atom stereocenters. The van der Waals surface area contributed by atoms with Crippen LogP contribution in [0.25, 0.3) is 0 Å². The predicted octanol–water partition coefficient (Wildman–Crippen LogP) is 5.47. The van der Waals surface area contributed by atoms with Gasteiger partial charge in [-0.2, -0.15) is 0 Å². The zero-order valence-corrected chi connectivity index (χ0v) is 14.4. The lowest BCUT2D eigenvalue weighted by atomic mass is 9.93. The first-order valence-corrected chi connectivity index (χ1v) is 9.13. The van der Waals surface area contributed by atoms with Crippen molar-refractivity contribution in [2.45, 2.75) is 103 Å². The highest BCUT2D eigenvalue weighted by Gasteiger charge is 2.26. The number of hydrogen-bond donors (Lipinski definition) is 0. The summed E-state index contributed by atoms with van der Waals surface area (Å²) in [5, 5.41) is 0. The normalized spacial score (nSPS) is 16.8. The Kier molecular flexibility index (Phi) is 9.45. The lowest BCUT2D eigenvalue weighted by Gasteiger charge is -2.37. The van der Waals surface area contributed by atoms with Gasteiger partial charge in [0.1, 0.15) is 0 Å². The first-order chi connectivity index (χ1) is 10.2. The SMILES string of the molecule is CCCCCC/C=C/CC(=O)N(C(C)C)C1CCCCC1. The van der Waals surface area contributed by atoms with Gasteiger partial charge in [-0.05, 0) is 39.5 Å². The Bertz CT molecular complexity index is 303. The van der Waals surface area contributed by atoms with Gasteiger partial charge in [-0.25, -0.2) is 0 Å². The van der Waals surface area contributed by atoms with Gasteiger partial charge in [0.15, 0.2) is 0 Å². The molecule has 2 nitrogen and oxygen atoms in total. The largest absolute Gasteiger partial charge is 0.337 e. The number of carbonyl (C=O) groups excluding carboxylic acids is 1.